The second kappa shape index (κ2) is 6.87. The third-order valence-corrected chi connectivity index (χ3v) is 5.38. The molecule has 2 rings (SSSR count). The van der Waals surface area contributed by atoms with Crippen LogP contribution in [0.15, 0.2) is 36.9 Å². The van der Waals surface area contributed by atoms with Crippen LogP contribution in [0.1, 0.15) is 51.5 Å². The molecular formula is C20H30O2. The lowest BCUT2D eigenvalue weighted by atomic mass is 9.58. The van der Waals surface area contributed by atoms with Gasteiger partial charge in [0.25, 0.3) is 0 Å². The molecule has 0 aromatic heterocycles. The van der Waals surface area contributed by atoms with Crippen LogP contribution >= 0.6 is 0 Å². The Balaban J connectivity index is 2.26. The van der Waals surface area contributed by atoms with Gasteiger partial charge in [0, 0.05) is 0 Å². The van der Waals surface area contributed by atoms with Gasteiger partial charge in [-0.3, -0.25) is 0 Å². The van der Waals surface area contributed by atoms with Crippen molar-refractivity contribution in [1.29, 1.82) is 0 Å². The SMILES string of the molecule is C=CCC[C@@]1(O)CCCC(C)(C)[C@@H]1Cc1cccc(OC)c1. The number of hydrogen-bond acceptors (Lipinski definition) is 2. The van der Waals surface area contributed by atoms with Crippen molar-refractivity contribution < 1.29 is 9.84 Å². The maximum Gasteiger partial charge on any atom is 0.119 e. The molecule has 1 N–H and O–H groups in total. The molecule has 1 aliphatic carbocycles. The van der Waals surface area contributed by atoms with Gasteiger partial charge in [0.1, 0.15) is 5.75 Å². The monoisotopic (exact) mass is 302 g/mol. The summed E-state index contributed by atoms with van der Waals surface area (Å²) in [4.78, 5) is 0. The lowest BCUT2D eigenvalue weighted by Gasteiger charge is -2.50. The molecular weight excluding hydrogens is 272 g/mol. The first kappa shape index (κ1) is 17.1. The van der Waals surface area contributed by atoms with Gasteiger partial charge in [0.2, 0.25) is 0 Å². The highest BCUT2D eigenvalue weighted by Crippen LogP contribution is 2.49. The molecule has 1 fully saturated rings. The molecule has 0 saturated heterocycles. The van der Waals surface area contributed by atoms with Crippen LogP contribution in [-0.2, 0) is 6.42 Å². The molecule has 2 atom stereocenters. The van der Waals surface area contributed by atoms with E-state index in [1.807, 2.05) is 18.2 Å². The van der Waals surface area contributed by atoms with Crippen LogP contribution in [0.4, 0.5) is 0 Å². The third kappa shape index (κ3) is 3.73. The maximum absolute atomic E-state index is 11.3. The summed E-state index contributed by atoms with van der Waals surface area (Å²) in [5.74, 6) is 1.15. The van der Waals surface area contributed by atoms with E-state index in [2.05, 4.69) is 32.6 Å². The minimum atomic E-state index is -0.584. The minimum absolute atomic E-state index is 0.150. The van der Waals surface area contributed by atoms with Crippen LogP contribution in [-0.4, -0.2) is 17.8 Å². The Morgan fingerprint density at radius 1 is 1.36 bits per heavy atom. The van der Waals surface area contributed by atoms with Crippen molar-refractivity contribution in [1.82, 2.24) is 0 Å². The highest BCUT2D eigenvalue weighted by atomic mass is 16.5. The highest BCUT2D eigenvalue weighted by Gasteiger charge is 2.47. The molecule has 1 aromatic carbocycles. The van der Waals surface area contributed by atoms with Crippen molar-refractivity contribution in [2.45, 2.75) is 58.0 Å². The first-order chi connectivity index (χ1) is 10.4. The van der Waals surface area contributed by atoms with Gasteiger partial charge in [-0.2, -0.15) is 0 Å². The van der Waals surface area contributed by atoms with Crippen LogP contribution in [0.2, 0.25) is 0 Å². The zero-order chi connectivity index (χ0) is 16.2. The largest absolute Gasteiger partial charge is 0.497 e. The molecule has 0 bridgehead atoms. The van der Waals surface area contributed by atoms with Gasteiger partial charge in [-0.15, -0.1) is 6.58 Å². The molecule has 0 heterocycles. The molecule has 1 aromatic rings. The van der Waals surface area contributed by atoms with E-state index in [0.29, 0.717) is 0 Å². The summed E-state index contributed by atoms with van der Waals surface area (Å²) in [5.41, 5.74) is 0.812. The summed E-state index contributed by atoms with van der Waals surface area (Å²) < 4.78 is 5.34. The number of rotatable bonds is 6. The molecule has 0 amide bonds. The second-order valence-electron chi connectivity index (χ2n) is 7.38. The normalized spacial score (nSPS) is 27.4. The summed E-state index contributed by atoms with van der Waals surface area (Å²) in [7, 11) is 1.70. The smallest absolute Gasteiger partial charge is 0.119 e. The van der Waals surface area contributed by atoms with E-state index >= 15 is 0 Å². The fraction of sp³-hybridized carbons (Fsp3) is 0.600. The Hall–Kier alpha value is -1.28. The Kier molecular flexibility index (Phi) is 5.33. The van der Waals surface area contributed by atoms with Gasteiger partial charge >= 0.3 is 0 Å². The van der Waals surface area contributed by atoms with E-state index in [-0.39, 0.29) is 11.3 Å². The van der Waals surface area contributed by atoms with Crippen LogP contribution in [0.3, 0.4) is 0 Å². The molecule has 1 saturated carbocycles. The molecule has 0 radical (unpaired) electrons. The lowest BCUT2D eigenvalue weighted by Crippen LogP contribution is -2.50. The van der Waals surface area contributed by atoms with E-state index in [1.165, 1.54) is 12.0 Å². The predicted octanol–water partition coefficient (Wildman–Crippen LogP) is 4.76. The van der Waals surface area contributed by atoms with Crippen LogP contribution in [0.5, 0.6) is 5.75 Å². The molecule has 2 nitrogen and oxygen atoms in total. The van der Waals surface area contributed by atoms with Crippen molar-refractivity contribution in [3.63, 3.8) is 0 Å². The summed E-state index contributed by atoms with van der Waals surface area (Å²) in [5, 5.41) is 11.3. The van der Waals surface area contributed by atoms with E-state index in [4.69, 9.17) is 4.74 Å². The highest BCUT2D eigenvalue weighted by molar-refractivity contribution is 5.29. The number of aliphatic hydroxyl groups is 1. The van der Waals surface area contributed by atoms with E-state index in [9.17, 15) is 5.11 Å². The summed E-state index contributed by atoms with van der Waals surface area (Å²) in [6, 6.07) is 8.24. The zero-order valence-electron chi connectivity index (χ0n) is 14.3. The van der Waals surface area contributed by atoms with Crippen molar-refractivity contribution >= 4 is 0 Å². The number of ether oxygens (including phenoxy) is 1. The first-order valence-electron chi connectivity index (χ1n) is 8.37. The molecule has 2 heteroatoms. The van der Waals surface area contributed by atoms with E-state index < -0.39 is 5.60 Å². The lowest BCUT2D eigenvalue weighted by molar-refractivity contribution is -0.106. The molecule has 22 heavy (non-hydrogen) atoms. The van der Waals surface area contributed by atoms with Crippen molar-refractivity contribution in [3.8, 4) is 5.75 Å². The molecule has 122 valence electrons. The second-order valence-corrected chi connectivity index (χ2v) is 7.38. The van der Waals surface area contributed by atoms with Crippen LogP contribution in [0.25, 0.3) is 0 Å². The summed E-state index contributed by atoms with van der Waals surface area (Å²) in [6.45, 7) is 8.42. The van der Waals surface area contributed by atoms with Gasteiger partial charge in [0.05, 0.1) is 12.7 Å². The summed E-state index contributed by atoms with van der Waals surface area (Å²) in [6.07, 6.45) is 7.70. The number of benzene rings is 1. The van der Waals surface area contributed by atoms with E-state index in [0.717, 1.165) is 37.9 Å². The standard InChI is InChI=1S/C20H30O2/c1-5-6-12-20(21)13-8-11-19(2,3)18(20)15-16-9-7-10-17(14-16)22-4/h5,7,9-10,14,18,21H,1,6,8,11-13,15H2,2-4H3/t18-,20+/m0/s1. The number of methoxy groups -OCH3 is 1. The van der Waals surface area contributed by atoms with Gasteiger partial charge in [0.15, 0.2) is 0 Å². The average Bonchev–Trinajstić information content (AvgIpc) is 2.49. The number of allylic oxidation sites excluding steroid dienone is 1. The fourth-order valence-electron chi connectivity index (χ4n) is 4.08. The quantitative estimate of drug-likeness (QED) is 0.768. The Morgan fingerprint density at radius 3 is 2.82 bits per heavy atom. The van der Waals surface area contributed by atoms with Crippen LogP contribution in [0, 0.1) is 11.3 Å². The first-order valence-corrected chi connectivity index (χ1v) is 8.37. The molecule has 0 spiro atoms. The fourth-order valence-corrected chi connectivity index (χ4v) is 4.08. The predicted molar refractivity (Wildman–Crippen MR) is 92.2 cm³/mol. The van der Waals surface area contributed by atoms with Crippen molar-refractivity contribution in [3.05, 3.63) is 42.5 Å². The summed E-state index contributed by atoms with van der Waals surface area (Å²) >= 11 is 0. The van der Waals surface area contributed by atoms with Gasteiger partial charge in [-0.05, 0) is 61.1 Å². The average molecular weight is 302 g/mol. The molecule has 0 aliphatic heterocycles. The van der Waals surface area contributed by atoms with Gasteiger partial charge < -0.3 is 9.84 Å². The van der Waals surface area contributed by atoms with Crippen molar-refractivity contribution in [2.75, 3.05) is 7.11 Å². The third-order valence-electron chi connectivity index (χ3n) is 5.38. The molecule has 0 unspecified atom stereocenters. The molecule has 1 aliphatic rings. The van der Waals surface area contributed by atoms with E-state index in [1.54, 1.807) is 7.11 Å². The number of hydrogen-bond donors (Lipinski definition) is 1. The zero-order valence-corrected chi connectivity index (χ0v) is 14.3. The van der Waals surface area contributed by atoms with Crippen molar-refractivity contribution in [2.24, 2.45) is 11.3 Å². The Labute approximate surface area is 135 Å². The topological polar surface area (TPSA) is 29.5 Å². The van der Waals surface area contributed by atoms with Gasteiger partial charge in [-0.1, -0.05) is 38.5 Å². The van der Waals surface area contributed by atoms with Gasteiger partial charge in [-0.25, -0.2) is 0 Å². The Morgan fingerprint density at radius 2 is 2.14 bits per heavy atom. The Bertz CT molecular complexity index is 506. The maximum atomic E-state index is 11.3. The minimum Gasteiger partial charge on any atom is -0.497 e. The van der Waals surface area contributed by atoms with Crippen LogP contribution < -0.4 is 4.74 Å².